The van der Waals surface area contributed by atoms with Crippen LogP contribution in [0.15, 0.2) is 90.1 Å². The average molecular weight is 593 g/mol. The molecule has 13 heteroatoms. The molecule has 5 aromatic rings. The number of rotatable bonds is 9. The minimum atomic E-state index is -4.82. The molecule has 0 radical (unpaired) electrons. The average Bonchev–Trinajstić information content (AvgIpc) is 3.37. The summed E-state index contributed by atoms with van der Waals surface area (Å²) >= 11 is 1.27. The van der Waals surface area contributed by atoms with E-state index in [2.05, 4.69) is 30.3 Å². The molecule has 0 saturated heterocycles. The van der Waals surface area contributed by atoms with Gasteiger partial charge in [0.2, 0.25) is 0 Å². The molecule has 9 nitrogen and oxygen atoms in total. The summed E-state index contributed by atoms with van der Waals surface area (Å²) in [5.41, 5.74) is 2.89. The summed E-state index contributed by atoms with van der Waals surface area (Å²) in [5, 5.41) is 11.5. The van der Waals surface area contributed by atoms with Gasteiger partial charge in [0.25, 0.3) is 5.91 Å². The number of alkyl halides is 3. The van der Waals surface area contributed by atoms with E-state index < -0.39 is 12.3 Å². The fraction of sp³-hybridized carbons (Fsp3) is 0.138. The van der Waals surface area contributed by atoms with E-state index in [1.54, 1.807) is 24.3 Å². The Kier molecular flexibility index (Phi) is 8.38. The summed E-state index contributed by atoms with van der Waals surface area (Å²) in [5.74, 6) is 0.562. The molecular formula is C29H23F3N6O3S. The topological polar surface area (TPSA) is 104 Å². The molecular weight excluding hydrogens is 569 g/mol. The Morgan fingerprint density at radius 3 is 2.14 bits per heavy atom. The van der Waals surface area contributed by atoms with Crippen LogP contribution in [0.1, 0.15) is 27.6 Å². The highest BCUT2D eigenvalue weighted by atomic mass is 32.2. The second-order valence-electron chi connectivity index (χ2n) is 8.95. The molecule has 0 aliphatic heterocycles. The van der Waals surface area contributed by atoms with Gasteiger partial charge in [-0.3, -0.25) is 4.79 Å². The number of hydrogen-bond acceptors (Lipinski definition) is 8. The predicted molar refractivity (Wildman–Crippen MR) is 150 cm³/mol. The first kappa shape index (κ1) is 28.6. The number of aromatic nitrogens is 5. The Bertz CT molecular complexity index is 1660. The number of anilines is 1. The number of nitrogens with one attached hydrogen (secondary N) is 1. The van der Waals surface area contributed by atoms with Crippen molar-refractivity contribution >= 4 is 23.4 Å². The zero-order chi connectivity index (χ0) is 29.7. The van der Waals surface area contributed by atoms with Gasteiger partial charge in [-0.1, -0.05) is 35.2 Å². The third-order valence-corrected chi connectivity index (χ3v) is 6.54. The van der Waals surface area contributed by atoms with Gasteiger partial charge in [0.15, 0.2) is 10.9 Å². The lowest BCUT2D eigenvalue weighted by atomic mass is 10.2. The van der Waals surface area contributed by atoms with Crippen molar-refractivity contribution in [3.63, 3.8) is 0 Å². The SMILES string of the molecule is Cc1cc(C)nc(SCc2c(C(=O)Nc3ccc(Oc4ccccc4)cc3)nnn2-c2ccc(OC(F)(F)F)cc2)n1. The molecule has 1 amide bonds. The molecule has 0 bridgehead atoms. The van der Waals surface area contributed by atoms with Crippen molar-refractivity contribution < 1.29 is 27.4 Å². The molecule has 0 unspecified atom stereocenters. The van der Waals surface area contributed by atoms with Gasteiger partial charge < -0.3 is 14.8 Å². The maximum Gasteiger partial charge on any atom is 0.573 e. The number of thioether (sulfide) groups is 1. The van der Waals surface area contributed by atoms with E-state index in [4.69, 9.17) is 4.74 Å². The molecule has 0 aliphatic rings. The molecule has 0 fully saturated rings. The number of ether oxygens (including phenoxy) is 2. The van der Waals surface area contributed by atoms with Crippen molar-refractivity contribution in [2.45, 2.75) is 31.1 Å². The number of carbonyl (C=O) groups excluding carboxylic acids is 1. The van der Waals surface area contributed by atoms with Gasteiger partial charge in [-0.05, 0) is 80.6 Å². The Labute approximate surface area is 242 Å². The smallest absolute Gasteiger partial charge is 0.457 e. The fourth-order valence-corrected chi connectivity index (χ4v) is 4.86. The molecule has 0 saturated carbocycles. The van der Waals surface area contributed by atoms with Crippen LogP contribution in [-0.2, 0) is 5.75 Å². The first-order chi connectivity index (χ1) is 20.1. The van der Waals surface area contributed by atoms with Gasteiger partial charge in [0.05, 0.1) is 11.4 Å². The second-order valence-corrected chi connectivity index (χ2v) is 9.90. The maximum absolute atomic E-state index is 13.3. The van der Waals surface area contributed by atoms with Crippen molar-refractivity contribution in [2.75, 3.05) is 5.32 Å². The summed E-state index contributed by atoms with van der Waals surface area (Å²) in [4.78, 5) is 22.2. The van der Waals surface area contributed by atoms with Crippen LogP contribution in [0, 0.1) is 13.8 Å². The van der Waals surface area contributed by atoms with E-state index in [0.717, 1.165) is 23.5 Å². The molecule has 3 aromatic carbocycles. The van der Waals surface area contributed by atoms with Gasteiger partial charge in [-0.15, -0.1) is 18.3 Å². The summed E-state index contributed by atoms with van der Waals surface area (Å²) in [6.07, 6.45) is -4.82. The van der Waals surface area contributed by atoms with Crippen LogP contribution < -0.4 is 14.8 Å². The third-order valence-electron chi connectivity index (χ3n) is 5.68. The minimum Gasteiger partial charge on any atom is -0.457 e. The van der Waals surface area contributed by atoms with E-state index in [9.17, 15) is 18.0 Å². The number of hydrogen-bond donors (Lipinski definition) is 1. The Morgan fingerprint density at radius 2 is 1.50 bits per heavy atom. The Hall–Kier alpha value is -4.91. The number of nitrogens with zero attached hydrogens (tertiary/aromatic N) is 5. The molecule has 42 heavy (non-hydrogen) atoms. The number of aryl methyl sites for hydroxylation is 2. The van der Waals surface area contributed by atoms with Gasteiger partial charge in [0.1, 0.15) is 17.2 Å². The first-order valence-electron chi connectivity index (χ1n) is 12.5. The van der Waals surface area contributed by atoms with Gasteiger partial charge in [-0.25, -0.2) is 14.6 Å². The molecule has 0 aliphatic carbocycles. The van der Waals surface area contributed by atoms with Crippen molar-refractivity contribution in [1.82, 2.24) is 25.0 Å². The molecule has 1 N–H and O–H groups in total. The first-order valence-corrected chi connectivity index (χ1v) is 13.5. The van der Waals surface area contributed by atoms with Crippen LogP contribution in [0.2, 0.25) is 0 Å². The lowest BCUT2D eigenvalue weighted by Crippen LogP contribution is -2.17. The number of halogens is 3. The largest absolute Gasteiger partial charge is 0.573 e. The standard InChI is InChI=1S/C29H23F3N6O3S/c1-18-16-19(2)34-28(33-18)42-17-25-26(36-37-38(25)21-10-14-24(15-11-21)41-29(30,31)32)27(39)35-20-8-12-23(13-9-20)40-22-6-4-3-5-7-22/h3-16H,17H2,1-2H3,(H,35,39). The molecule has 2 heterocycles. The number of para-hydroxylation sites is 1. The maximum atomic E-state index is 13.3. The minimum absolute atomic E-state index is 0.0344. The summed E-state index contributed by atoms with van der Waals surface area (Å²) < 4.78 is 49.0. The molecule has 5 rings (SSSR count). The molecule has 0 atom stereocenters. The quantitative estimate of drug-likeness (QED) is 0.146. The lowest BCUT2D eigenvalue weighted by Gasteiger charge is -2.11. The van der Waals surface area contributed by atoms with E-state index in [1.165, 1.54) is 28.6 Å². The lowest BCUT2D eigenvalue weighted by molar-refractivity contribution is -0.274. The monoisotopic (exact) mass is 592 g/mol. The fourth-order valence-electron chi connectivity index (χ4n) is 3.92. The number of amides is 1. The van der Waals surface area contributed by atoms with Gasteiger partial charge in [0, 0.05) is 22.8 Å². The van der Waals surface area contributed by atoms with Gasteiger partial charge >= 0.3 is 6.36 Å². The van der Waals surface area contributed by atoms with Crippen molar-refractivity contribution in [3.05, 3.63) is 108 Å². The normalized spacial score (nSPS) is 11.3. The Morgan fingerprint density at radius 1 is 0.881 bits per heavy atom. The van der Waals surface area contributed by atoms with Crippen molar-refractivity contribution in [3.8, 4) is 22.9 Å². The summed E-state index contributed by atoms with van der Waals surface area (Å²) in [7, 11) is 0. The van der Waals surface area contributed by atoms with Crippen LogP contribution in [-0.4, -0.2) is 37.2 Å². The summed E-state index contributed by atoms with van der Waals surface area (Å²) in [6.45, 7) is 3.70. The van der Waals surface area contributed by atoms with Crippen LogP contribution in [0.25, 0.3) is 5.69 Å². The van der Waals surface area contributed by atoms with E-state index in [-0.39, 0.29) is 17.2 Å². The third kappa shape index (κ3) is 7.43. The molecule has 214 valence electrons. The van der Waals surface area contributed by atoms with Crippen molar-refractivity contribution in [2.24, 2.45) is 0 Å². The zero-order valence-electron chi connectivity index (χ0n) is 22.3. The number of benzene rings is 3. The highest BCUT2D eigenvalue weighted by Gasteiger charge is 2.31. The van der Waals surface area contributed by atoms with Crippen molar-refractivity contribution in [1.29, 1.82) is 0 Å². The number of carbonyl (C=O) groups is 1. The van der Waals surface area contributed by atoms with Crippen LogP contribution in [0.3, 0.4) is 0 Å². The molecule has 0 spiro atoms. The summed E-state index contributed by atoms with van der Waals surface area (Å²) in [6, 6.07) is 23.1. The van der Waals surface area contributed by atoms with E-state index in [1.807, 2.05) is 50.2 Å². The molecule has 2 aromatic heterocycles. The highest BCUT2D eigenvalue weighted by Crippen LogP contribution is 2.28. The Balaban J connectivity index is 1.39. The highest BCUT2D eigenvalue weighted by molar-refractivity contribution is 7.98. The van der Waals surface area contributed by atoms with E-state index >= 15 is 0 Å². The zero-order valence-corrected chi connectivity index (χ0v) is 23.1. The van der Waals surface area contributed by atoms with Gasteiger partial charge in [-0.2, -0.15) is 0 Å². The second kappa shape index (κ2) is 12.3. The van der Waals surface area contributed by atoms with Crippen LogP contribution in [0.5, 0.6) is 17.2 Å². The predicted octanol–water partition coefficient (Wildman–Crippen LogP) is 6.91. The van der Waals surface area contributed by atoms with E-state index in [0.29, 0.717) is 33.7 Å². The van der Waals surface area contributed by atoms with Crippen LogP contribution >= 0.6 is 11.8 Å². The van der Waals surface area contributed by atoms with Crippen LogP contribution in [0.4, 0.5) is 18.9 Å².